The number of fused-ring (bicyclic) bond motifs is 1. The van der Waals surface area contributed by atoms with Crippen LogP contribution in [-0.4, -0.2) is 11.8 Å². The maximum absolute atomic E-state index is 13.5. The fraction of sp³-hybridized carbons (Fsp3) is 0.625. The molecule has 3 rings (SSSR count). The molecule has 0 radical (unpaired) electrons. The minimum Gasteiger partial charge on any atom is -0.307 e. The van der Waals surface area contributed by atoms with Gasteiger partial charge >= 0.3 is 0 Å². The maximum Gasteiger partial charge on any atom is 0.123 e. The van der Waals surface area contributed by atoms with E-state index in [0.29, 0.717) is 17.5 Å². The zero-order valence-corrected chi connectivity index (χ0v) is 12.5. The molecule has 1 saturated carbocycles. The summed E-state index contributed by atoms with van der Waals surface area (Å²) < 4.78 is 13.5. The van der Waals surface area contributed by atoms with E-state index in [1.54, 1.807) is 12.1 Å². The third-order valence-electron chi connectivity index (χ3n) is 4.42. The second-order valence-corrected chi connectivity index (χ2v) is 7.78. The molecule has 3 heteroatoms. The van der Waals surface area contributed by atoms with Gasteiger partial charge in [-0.25, -0.2) is 4.39 Å². The van der Waals surface area contributed by atoms with E-state index >= 15 is 0 Å². The summed E-state index contributed by atoms with van der Waals surface area (Å²) in [5.41, 5.74) is 1.63. The van der Waals surface area contributed by atoms with Crippen molar-refractivity contribution >= 4 is 11.8 Å². The van der Waals surface area contributed by atoms with E-state index in [-0.39, 0.29) is 5.82 Å². The Morgan fingerprint density at radius 3 is 2.89 bits per heavy atom. The molecule has 1 heterocycles. The summed E-state index contributed by atoms with van der Waals surface area (Å²) in [6, 6.07) is 6.17. The number of rotatable bonds is 2. The molecule has 2 aliphatic rings. The largest absolute Gasteiger partial charge is 0.307 e. The van der Waals surface area contributed by atoms with Gasteiger partial charge in [0, 0.05) is 17.0 Å². The van der Waals surface area contributed by atoms with Crippen molar-refractivity contribution in [3.05, 3.63) is 29.6 Å². The molecule has 1 nitrogen and oxygen atoms in total. The Morgan fingerprint density at radius 2 is 2.16 bits per heavy atom. The third kappa shape index (κ3) is 2.97. The van der Waals surface area contributed by atoms with Gasteiger partial charge in [0.05, 0.1) is 0 Å². The fourth-order valence-corrected chi connectivity index (χ4v) is 4.51. The Kier molecular flexibility index (Phi) is 3.61. The van der Waals surface area contributed by atoms with Gasteiger partial charge in [0.1, 0.15) is 5.82 Å². The first-order valence-corrected chi connectivity index (χ1v) is 8.20. The average molecular weight is 279 g/mol. The van der Waals surface area contributed by atoms with Crippen LogP contribution in [0.15, 0.2) is 23.1 Å². The molecule has 2 unspecified atom stereocenters. The van der Waals surface area contributed by atoms with Crippen LogP contribution in [0.2, 0.25) is 0 Å². The van der Waals surface area contributed by atoms with Crippen molar-refractivity contribution in [3.8, 4) is 0 Å². The Hall–Kier alpha value is -0.540. The van der Waals surface area contributed by atoms with E-state index in [2.05, 4.69) is 19.2 Å². The van der Waals surface area contributed by atoms with Crippen LogP contribution in [-0.2, 0) is 0 Å². The molecule has 0 amide bonds. The van der Waals surface area contributed by atoms with Gasteiger partial charge in [0.15, 0.2) is 0 Å². The molecule has 1 aliphatic heterocycles. The van der Waals surface area contributed by atoms with Crippen molar-refractivity contribution in [3.63, 3.8) is 0 Å². The van der Waals surface area contributed by atoms with Crippen LogP contribution in [0.25, 0.3) is 0 Å². The van der Waals surface area contributed by atoms with Crippen LogP contribution < -0.4 is 5.32 Å². The van der Waals surface area contributed by atoms with Gasteiger partial charge in [0.2, 0.25) is 0 Å². The molecule has 104 valence electrons. The highest BCUT2D eigenvalue weighted by Gasteiger charge is 2.33. The lowest BCUT2D eigenvalue weighted by atomic mass is 9.91. The number of thioether (sulfide) groups is 1. The zero-order valence-electron chi connectivity index (χ0n) is 11.7. The molecular formula is C16H22FNS. The molecule has 1 fully saturated rings. The number of hydrogen-bond acceptors (Lipinski definition) is 2. The average Bonchev–Trinajstić information content (AvgIpc) is 2.69. The van der Waals surface area contributed by atoms with Crippen molar-refractivity contribution in [1.29, 1.82) is 0 Å². The van der Waals surface area contributed by atoms with E-state index in [0.717, 1.165) is 12.2 Å². The maximum atomic E-state index is 13.5. The summed E-state index contributed by atoms with van der Waals surface area (Å²) in [4.78, 5) is 1.25. The molecule has 1 aromatic carbocycles. The Labute approximate surface area is 119 Å². The van der Waals surface area contributed by atoms with E-state index in [1.165, 1.54) is 29.7 Å². The van der Waals surface area contributed by atoms with Crippen molar-refractivity contribution < 1.29 is 4.39 Å². The quantitative estimate of drug-likeness (QED) is 0.853. The Morgan fingerprint density at radius 1 is 1.32 bits per heavy atom. The highest BCUT2D eigenvalue weighted by atomic mass is 32.2. The molecule has 0 bridgehead atoms. The summed E-state index contributed by atoms with van der Waals surface area (Å²) >= 11 is 1.85. The number of halogens is 1. The summed E-state index contributed by atoms with van der Waals surface area (Å²) in [7, 11) is 0. The van der Waals surface area contributed by atoms with Crippen LogP contribution in [0.1, 0.15) is 51.1 Å². The van der Waals surface area contributed by atoms with Gasteiger partial charge in [-0.15, -0.1) is 11.8 Å². The molecule has 0 aromatic heterocycles. The van der Waals surface area contributed by atoms with Crippen molar-refractivity contribution in [1.82, 2.24) is 5.32 Å². The van der Waals surface area contributed by atoms with Gasteiger partial charge in [-0.3, -0.25) is 0 Å². The summed E-state index contributed by atoms with van der Waals surface area (Å²) in [6.45, 7) is 4.69. The number of benzene rings is 1. The van der Waals surface area contributed by atoms with Crippen molar-refractivity contribution in [2.45, 2.75) is 56.5 Å². The molecule has 2 atom stereocenters. The Balaban J connectivity index is 1.75. The molecule has 1 aliphatic carbocycles. The van der Waals surface area contributed by atoms with E-state index in [1.807, 2.05) is 17.8 Å². The van der Waals surface area contributed by atoms with Crippen LogP contribution in [0.5, 0.6) is 0 Å². The second-order valence-electron chi connectivity index (χ2n) is 6.64. The van der Waals surface area contributed by atoms with Crippen LogP contribution >= 0.6 is 11.8 Å². The fourth-order valence-electron chi connectivity index (χ4n) is 3.40. The zero-order chi connectivity index (χ0) is 13.5. The summed E-state index contributed by atoms with van der Waals surface area (Å²) in [6.07, 6.45) is 4.89. The van der Waals surface area contributed by atoms with E-state index in [9.17, 15) is 4.39 Å². The van der Waals surface area contributed by atoms with Crippen molar-refractivity contribution in [2.24, 2.45) is 5.41 Å². The predicted octanol–water partition coefficient (Wildman–Crippen LogP) is 4.53. The minimum absolute atomic E-state index is 0.111. The van der Waals surface area contributed by atoms with Gasteiger partial charge in [-0.2, -0.15) is 0 Å². The number of hydrogen-bond donors (Lipinski definition) is 1. The second kappa shape index (κ2) is 5.10. The van der Waals surface area contributed by atoms with Gasteiger partial charge in [-0.05, 0) is 60.6 Å². The van der Waals surface area contributed by atoms with Crippen LogP contribution in [0.3, 0.4) is 0 Å². The molecule has 0 saturated heterocycles. The summed E-state index contributed by atoms with van der Waals surface area (Å²) in [5.74, 6) is 1.02. The highest BCUT2D eigenvalue weighted by molar-refractivity contribution is 7.99. The van der Waals surface area contributed by atoms with Gasteiger partial charge < -0.3 is 5.32 Å². The lowest BCUT2D eigenvalue weighted by Gasteiger charge is -2.29. The molecule has 0 spiro atoms. The summed E-state index contributed by atoms with van der Waals surface area (Å²) in [5, 5.41) is 3.78. The SMILES string of the molecule is CC1(C)CCC(NC2CCSc3ccc(F)cc32)C1. The van der Waals surface area contributed by atoms with Crippen LogP contribution in [0.4, 0.5) is 4.39 Å². The number of nitrogens with one attached hydrogen (secondary N) is 1. The monoisotopic (exact) mass is 279 g/mol. The standard InChI is InChI=1S/C16H22FNS/c1-16(2)7-5-12(10-16)18-14-6-8-19-15-4-3-11(17)9-13(14)15/h3-4,9,12,14,18H,5-8,10H2,1-2H3. The normalized spacial score (nSPS) is 29.2. The van der Waals surface area contributed by atoms with Gasteiger partial charge in [0.25, 0.3) is 0 Å². The first kappa shape index (κ1) is 13.4. The molecular weight excluding hydrogens is 257 g/mol. The lowest BCUT2D eigenvalue weighted by Crippen LogP contribution is -2.33. The van der Waals surface area contributed by atoms with Gasteiger partial charge in [-0.1, -0.05) is 13.8 Å². The van der Waals surface area contributed by atoms with Crippen molar-refractivity contribution in [2.75, 3.05) is 5.75 Å². The van der Waals surface area contributed by atoms with E-state index < -0.39 is 0 Å². The minimum atomic E-state index is -0.111. The lowest BCUT2D eigenvalue weighted by molar-refractivity contribution is 0.349. The Bertz CT molecular complexity index is 472. The molecule has 1 N–H and O–H groups in total. The first-order valence-electron chi connectivity index (χ1n) is 7.22. The van der Waals surface area contributed by atoms with E-state index in [4.69, 9.17) is 0 Å². The highest BCUT2D eigenvalue weighted by Crippen LogP contribution is 2.41. The molecule has 1 aromatic rings. The third-order valence-corrected chi connectivity index (χ3v) is 5.54. The van der Waals surface area contributed by atoms with Crippen LogP contribution in [0, 0.1) is 11.2 Å². The first-order chi connectivity index (χ1) is 9.03. The molecule has 19 heavy (non-hydrogen) atoms. The predicted molar refractivity (Wildman–Crippen MR) is 79.0 cm³/mol. The topological polar surface area (TPSA) is 12.0 Å². The smallest absolute Gasteiger partial charge is 0.123 e.